The SMILES string of the molecule is CN(C)CC(=C=O)c1cc(-c2cccc(C3COCO3)c2OC(F)(F)F)c2c(c1)C(C)(C)CO2. The lowest BCUT2D eigenvalue weighted by Crippen LogP contribution is -2.20. The number of alkyl halides is 3. The molecule has 2 aromatic rings. The minimum absolute atomic E-state index is 0.0133. The van der Waals surface area contributed by atoms with Crippen LogP contribution in [0.5, 0.6) is 11.5 Å². The van der Waals surface area contributed by atoms with Crippen molar-refractivity contribution in [1.82, 2.24) is 4.90 Å². The number of rotatable bonds is 6. The van der Waals surface area contributed by atoms with Gasteiger partial charge in [-0.25, -0.2) is 4.79 Å². The van der Waals surface area contributed by atoms with Crippen LogP contribution in [-0.4, -0.2) is 57.9 Å². The molecule has 0 radical (unpaired) electrons. The van der Waals surface area contributed by atoms with Gasteiger partial charge >= 0.3 is 6.36 Å². The van der Waals surface area contributed by atoms with Gasteiger partial charge in [0.05, 0.1) is 18.8 Å². The molecule has 4 rings (SSSR count). The number of carbonyl (C=O) groups excluding carboxylic acids is 1. The van der Waals surface area contributed by atoms with Gasteiger partial charge in [0.1, 0.15) is 30.3 Å². The lowest BCUT2D eigenvalue weighted by Gasteiger charge is -2.22. The summed E-state index contributed by atoms with van der Waals surface area (Å²) in [4.78, 5) is 13.6. The number of likely N-dealkylation sites (N-methyl/N-ethyl adjacent to an activating group) is 1. The molecular formula is C25H26F3NO5. The molecule has 1 unspecified atom stereocenters. The Labute approximate surface area is 195 Å². The molecule has 0 spiro atoms. The summed E-state index contributed by atoms with van der Waals surface area (Å²) in [6.07, 6.45) is -5.63. The van der Waals surface area contributed by atoms with Crippen LogP contribution in [0.1, 0.15) is 36.6 Å². The largest absolute Gasteiger partial charge is 0.573 e. The Kier molecular flexibility index (Phi) is 6.48. The first-order valence-electron chi connectivity index (χ1n) is 10.8. The Morgan fingerprint density at radius 3 is 2.62 bits per heavy atom. The summed E-state index contributed by atoms with van der Waals surface area (Å²) in [5.41, 5.74) is 2.18. The van der Waals surface area contributed by atoms with Crippen LogP contribution in [0.25, 0.3) is 16.7 Å². The topological polar surface area (TPSA) is 57.2 Å². The molecule has 0 N–H and O–H groups in total. The molecule has 0 amide bonds. The summed E-state index contributed by atoms with van der Waals surface area (Å²) in [6.45, 7) is 4.73. The molecule has 9 heteroatoms. The van der Waals surface area contributed by atoms with Crippen LogP contribution >= 0.6 is 0 Å². The van der Waals surface area contributed by atoms with Crippen LogP contribution in [0.2, 0.25) is 0 Å². The van der Waals surface area contributed by atoms with Crippen molar-refractivity contribution < 1.29 is 36.9 Å². The van der Waals surface area contributed by atoms with E-state index in [1.165, 1.54) is 6.07 Å². The fourth-order valence-electron chi connectivity index (χ4n) is 4.25. The molecule has 2 heterocycles. The standard InChI is InChI=1S/C25H26F3NO5/c1-24(2)13-32-23-19(8-15(9-20(23)24)16(11-30)10-29(3)4)17-6-5-7-18(21-12-31-14-33-21)22(17)34-25(26,27)28/h5-9,21H,10,12-14H2,1-4H3. The molecule has 0 saturated carbocycles. The molecule has 1 saturated heterocycles. The van der Waals surface area contributed by atoms with Crippen LogP contribution in [-0.2, 0) is 19.7 Å². The molecule has 0 bridgehead atoms. The van der Waals surface area contributed by atoms with Crippen molar-refractivity contribution in [3.8, 4) is 22.6 Å². The third-order valence-electron chi connectivity index (χ3n) is 5.86. The van der Waals surface area contributed by atoms with E-state index in [0.717, 1.165) is 5.56 Å². The van der Waals surface area contributed by atoms with E-state index < -0.39 is 17.9 Å². The molecule has 2 aliphatic heterocycles. The van der Waals surface area contributed by atoms with E-state index in [1.807, 2.05) is 44.9 Å². The number of ether oxygens (including phenoxy) is 4. The van der Waals surface area contributed by atoms with Crippen molar-refractivity contribution in [3.05, 3.63) is 47.0 Å². The van der Waals surface area contributed by atoms with Crippen molar-refractivity contribution >= 4 is 11.5 Å². The number of halogens is 3. The van der Waals surface area contributed by atoms with E-state index in [9.17, 15) is 18.0 Å². The maximum Gasteiger partial charge on any atom is 0.573 e. The number of hydrogen-bond donors (Lipinski definition) is 0. The fourth-order valence-corrected chi connectivity index (χ4v) is 4.25. The van der Waals surface area contributed by atoms with Gasteiger partial charge in [0.25, 0.3) is 0 Å². The van der Waals surface area contributed by atoms with Gasteiger partial charge in [0.2, 0.25) is 0 Å². The highest BCUT2D eigenvalue weighted by Crippen LogP contribution is 2.50. The van der Waals surface area contributed by atoms with Crippen molar-refractivity contribution in [3.63, 3.8) is 0 Å². The summed E-state index contributed by atoms with van der Waals surface area (Å²) >= 11 is 0. The second kappa shape index (κ2) is 9.07. The third kappa shape index (κ3) is 4.83. The Bertz CT molecular complexity index is 1130. The lowest BCUT2D eigenvalue weighted by molar-refractivity contribution is -0.274. The predicted octanol–water partition coefficient (Wildman–Crippen LogP) is 4.74. The molecule has 2 aromatic carbocycles. The first-order chi connectivity index (χ1) is 16.0. The van der Waals surface area contributed by atoms with Crippen molar-refractivity contribution in [1.29, 1.82) is 0 Å². The van der Waals surface area contributed by atoms with E-state index in [2.05, 4.69) is 4.74 Å². The summed E-state index contributed by atoms with van der Waals surface area (Å²) in [7, 11) is 3.64. The highest BCUT2D eigenvalue weighted by Gasteiger charge is 2.38. The summed E-state index contributed by atoms with van der Waals surface area (Å²) in [6, 6.07) is 8.24. The predicted molar refractivity (Wildman–Crippen MR) is 119 cm³/mol. The average Bonchev–Trinajstić information content (AvgIpc) is 3.39. The lowest BCUT2D eigenvalue weighted by atomic mass is 9.83. The molecule has 1 fully saturated rings. The van der Waals surface area contributed by atoms with Gasteiger partial charge in [-0.05, 0) is 31.8 Å². The molecule has 1 atom stereocenters. The van der Waals surface area contributed by atoms with E-state index in [0.29, 0.717) is 35.6 Å². The Morgan fingerprint density at radius 2 is 2.00 bits per heavy atom. The average molecular weight is 477 g/mol. The van der Waals surface area contributed by atoms with Crippen LogP contribution < -0.4 is 9.47 Å². The molecular weight excluding hydrogens is 451 g/mol. The summed E-state index contributed by atoms with van der Waals surface area (Å²) < 4.78 is 61.8. The summed E-state index contributed by atoms with van der Waals surface area (Å²) in [5, 5.41) is 0. The maximum absolute atomic E-state index is 13.5. The van der Waals surface area contributed by atoms with E-state index >= 15 is 0 Å². The zero-order chi connectivity index (χ0) is 24.7. The molecule has 6 nitrogen and oxygen atoms in total. The number of hydrogen-bond acceptors (Lipinski definition) is 6. The zero-order valence-corrected chi connectivity index (χ0v) is 19.4. The Balaban J connectivity index is 1.97. The van der Waals surface area contributed by atoms with Gasteiger partial charge < -0.3 is 23.8 Å². The van der Waals surface area contributed by atoms with E-state index in [1.54, 1.807) is 18.2 Å². The Morgan fingerprint density at radius 1 is 1.24 bits per heavy atom. The van der Waals surface area contributed by atoms with Crippen LogP contribution in [0.15, 0.2) is 30.3 Å². The fraction of sp³-hybridized carbons (Fsp3) is 0.440. The second-order valence-electron chi connectivity index (χ2n) is 9.31. The molecule has 0 aliphatic carbocycles. The minimum atomic E-state index is -4.93. The first kappa shape index (κ1) is 24.3. The number of benzene rings is 2. The molecule has 0 aromatic heterocycles. The van der Waals surface area contributed by atoms with Crippen LogP contribution in [0, 0.1) is 0 Å². The zero-order valence-electron chi connectivity index (χ0n) is 19.4. The Hall–Kier alpha value is -2.84. The molecule has 34 heavy (non-hydrogen) atoms. The smallest absolute Gasteiger partial charge is 0.492 e. The minimum Gasteiger partial charge on any atom is -0.492 e. The monoisotopic (exact) mass is 477 g/mol. The quantitative estimate of drug-likeness (QED) is 0.560. The van der Waals surface area contributed by atoms with Crippen LogP contribution in [0.4, 0.5) is 13.2 Å². The number of fused-ring (bicyclic) bond motifs is 1. The van der Waals surface area contributed by atoms with Gasteiger partial charge in [-0.15, -0.1) is 13.2 Å². The second-order valence-corrected chi connectivity index (χ2v) is 9.31. The highest BCUT2D eigenvalue weighted by atomic mass is 19.4. The van der Waals surface area contributed by atoms with E-state index in [-0.39, 0.29) is 30.3 Å². The summed E-state index contributed by atoms with van der Waals surface area (Å²) in [5.74, 6) is 2.09. The van der Waals surface area contributed by atoms with Crippen LogP contribution in [0.3, 0.4) is 0 Å². The molecule has 2 aliphatic rings. The first-order valence-corrected chi connectivity index (χ1v) is 10.8. The third-order valence-corrected chi connectivity index (χ3v) is 5.86. The number of nitrogens with zero attached hydrogens (tertiary/aromatic N) is 1. The van der Waals surface area contributed by atoms with Crippen molar-refractivity contribution in [2.45, 2.75) is 31.7 Å². The molecule has 182 valence electrons. The van der Waals surface area contributed by atoms with Gasteiger partial charge in [-0.2, -0.15) is 0 Å². The normalized spacial score (nSPS) is 19.0. The van der Waals surface area contributed by atoms with E-state index in [4.69, 9.17) is 14.2 Å². The highest BCUT2D eigenvalue weighted by molar-refractivity contribution is 5.92. The van der Waals surface area contributed by atoms with Gasteiger partial charge in [0, 0.05) is 34.2 Å². The van der Waals surface area contributed by atoms with Gasteiger partial charge in [-0.1, -0.05) is 32.0 Å². The number of para-hydroxylation sites is 1. The van der Waals surface area contributed by atoms with Gasteiger partial charge in [0.15, 0.2) is 0 Å². The van der Waals surface area contributed by atoms with Crippen molar-refractivity contribution in [2.75, 3.05) is 40.6 Å². The maximum atomic E-state index is 13.5. The van der Waals surface area contributed by atoms with Crippen molar-refractivity contribution in [2.24, 2.45) is 0 Å². The van der Waals surface area contributed by atoms with Gasteiger partial charge in [-0.3, -0.25) is 0 Å².